The summed E-state index contributed by atoms with van der Waals surface area (Å²) in [4.78, 5) is 12.8. The summed E-state index contributed by atoms with van der Waals surface area (Å²) < 4.78 is 7.08. The fraction of sp³-hybridized carbons (Fsp3) is 0.389. The van der Waals surface area contributed by atoms with Crippen molar-refractivity contribution < 1.29 is 9.32 Å². The maximum Gasteiger partial charge on any atom is 0.257 e. The highest BCUT2D eigenvalue weighted by Crippen LogP contribution is 2.31. The second-order valence-electron chi connectivity index (χ2n) is 6.60. The minimum atomic E-state index is -0.301. The van der Waals surface area contributed by atoms with Gasteiger partial charge in [-0.15, -0.1) is 5.10 Å². The zero-order chi connectivity index (χ0) is 18.8. The lowest BCUT2D eigenvalue weighted by atomic mass is 10.1. The summed E-state index contributed by atoms with van der Waals surface area (Å²) >= 11 is 6.25. The highest BCUT2D eigenvalue weighted by atomic mass is 35.5. The van der Waals surface area contributed by atoms with E-state index in [1.165, 1.54) is 12.8 Å². The van der Waals surface area contributed by atoms with Crippen molar-refractivity contribution in [2.75, 3.05) is 0 Å². The van der Waals surface area contributed by atoms with Crippen molar-refractivity contribution in [2.45, 2.75) is 45.2 Å². The van der Waals surface area contributed by atoms with Crippen LogP contribution in [0.25, 0.3) is 11.3 Å². The Kier molecular flexibility index (Phi) is 4.89. The van der Waals surface area contributed by atoms with Crippen LogP contribution in [-0.2, 0) is 6.54 Å². The first-order valence-electron chi connectivity index (χ1n) is 8.91. The number of halogens is 1. The molecule has 1 fully saturated rings. The molecule has 0 bridgehead atoms. The number of nitrogens with one attached hydrogen (secondary N) is 1. The van der Waals surface area contributed by atoms with E-state index in [9.17, 15) is 4.79 Å². The molecule has 27 heavy (non-hydrogen) atoms. The smallest absolute Gasteiger partial charge is 0.257 e. The quantitative estimate of drug-likeness (QED) is 0.722. The molecule has 1 N–H and O–H groups in total. The molecule has 8 nitrogen and oxygen atoms in total. The number of amides is 1. The van der Waals surface area contributed by atoms with Crippen LogP contribution in [0.3, 0.4) is 0 Å². The summed E-state index contributed by atoms with van der Waals surface area (Å²) in [6.07, 6.45) is 4.48. The van der Waals surface area contributed by atoms with Crippen LogP contribution in [0, 0.1) is 6.92 Å². The number of hydrogen-bond acceptors (Lipinski definition) is 6. The zero-order valence-corrected chi connectivity index (χ0v) is 15.6. The average Bonchev–Trinajstić information content (AvgIpc) is 3.40. The van der Waals surface area contributed by atoms with Gasteiger partial charge in [0.05, 0.1) is 17.6 Å². The molecule has 140 valence electrons. The molecular weight excluding hydrogens is 368 g/mol. The van der Waals surface area contributed by atoms with E-state index in [2.05, 4.69) is 26.0 Å². The number of nitrogens with zero attached hydrogens (tertiary/aromatic N) is 5. The predicted molar refractivity (Wildman–Crippen MR) is 98.2 cm³/mol. The van der Waals surface area contributed by atoms with Crippen molar-refractivity contribution in [1.29, 1.82) is 0 Å². The lowest BCUT2D eigenvalue weighted by molar-refractivity contribution is 0.0948. The van der Waals surface area contributed by atoms with E-state index >= 15 is 0 Å². The van der Waals surface area contributed by atoms with Crippen molar-refractivity contribution in [1.82, 2.24) is 30.7 Å². The van der Waals surface area contributed by atoms with E-state index < -0.39 is 0 Å². The van der Waals surface area contributed by atoms with Gasteiger partial charge in [-0.25, -0.2) is 4.68 Å². The Hall–Kier alpha value is -2.74. The van der Waals surface area contributed by atoms with E-state index in [4.69, 9.17) is 16.1 Å². The molecular formula is C18H19ClN6O2. The maximum absolute atomic E-state index is 12.8. The number of aryl methyl sites for hydroxylation is 1. The summed E-state index contributed by atoms with van der Waals surface area (Å²) in [7, 11) is 0. The van der Waals surface area contributed by atoms with Crippen LogP contribution >= 0.6 is 11.6 Å². The van der Waals surface area contributed by atoms with Crippen LogP contribution in [0.1, 0.15) is 53.7 Å². The third-order valence-corrected chi connectivity index (χ3v) is 5.19. The van der Waals surface area contributed by atoms with Crippen molar-refractivity contribution in [3.63, 3.8) is 0 Å². The third kappa shape index (κ3) is 3.44. The van der Waals surface area contributed by atoms with Gasteiger partial charge in [0.15, 0.2) is 5.82 Å². The molecule has 1 aromatic carbocycles. The minimum absolute atomic E-state index is 0.231. The number of aromatic nitrogens is 5. The fourth-order valence-corrected chi connectivity index (χ4v) is 3.71. The lowest BCUT2D eigenvalue weighted by Crippen LogP contribution is -2.26. The largest absolute Gasteiger partial charge is 0.360 e. The standard InChI is InChI=1S/C18H19ClN6O2/c1-11-16(17(22-27-11)13-8-4-5-9-14(13)19)18(26)20-10-15-21-23-24-25(15)12-6-2-3-7-12/h4-5,8-9,12H,2-3,6-7,10H2,1H3,(H,20,26). The highest BCUT2D eigenvalue weighted by molar-refractivity contribution is 6.33. The van der Waals surface area contributed by atoms with Crippen molar-refractivity contribution in [3.8, 4) is 11.3 Å². The summed E-state index contributed by atoms with van der Waals surface area (Å²) in [5.74, 6) is 0.770. The van der Waals surface area contributed by atoms with Crippen molar-refractivity contribution in [2.24, 2.45) is 0 Å². The first-order chi connectivity index (χ1) is 13.1. The Morgan fingerprint density at radius 1 is 1.33 bits per heavy atom. The molecule has 0 spiro atoms. The molecule has 2 aromatic heterocycles. The number of carbonyl (C=O) groups is 1. The van der Waals surface area contributed by atoms with Crippen LogP contribution < -0.4 is 5.32 Å². The normalized spacial score (nSPS) is 14.6. The summed E-state index contributed by atoms with van der Waals surface area (Å²) in [5, 5.41) is 19.3. The van der Waals surface area contributed by atoms with Gasteiger partial charge in [0.1, 0.15) is 17.0 Å². The number of hydrogen-bond donors (Lipinski definition) is 1. The van der Waals surface area contributed by atoms with Crippen LogP contribution in [0.15, 0.2) is 28.8 Å². The van der Waals surface area contributed by atoms with Gasteiger partial charge in [0, 0.05) is 5.56 Å². The zero-order valence-electron chi connectivity index (χ0n) is 14.9. The molecule has 0 atom stereocenters. The Balaban J connectivity index is 1.54. The first kappa shape index (κ1) is 17.7. The van der Waals surface area contributed by atoms with E-state index in [-0.39, 0.29) is 12.5 Å². The van der Waals surface area contributed by atoms with E-state index in [1.807, 2.05) is 16.8 Å². The molecule has 1 aliphatic carbocycles. The third-order valence-electron chi connectivity index (χ3n) is 4.86. The Morgan fingerprint density at radius 3 is 2.89 bits per heavy atom. The van der Waals surface area contributed by atoms with E-state index in [0.717, 1.165) is 12.8 Å². The molecule has 0 saturated heterocycles. The minimum Gasteiger partial charge on any atom is -0.360 e. The number of rotatable bonds is 5. The summed E-state index contributed by atoms with van der Waals surface area (Å²) in [6, 6.07) is 7.52. The molecule has 9 heteroatoms. The molecule has 0 radical (unpaired) electrons. The topological polar surface area (TPSA) is 98.7 Å². The van der Waals surface area contributed by atoms with Gasteiger partial charge in [0.2, 0.25) is 0 Å². The van der Waals surface area contributed by atoms with Gasteiger partial charge in [0.25, 0.3) is 5.91 Å². The van der Waals surface area contributed by atoms with Crippen LogP contribution in [0.5, 0.6) is 0 Å². The monoisotopic (exact) mass is 386 g/mol. The molecule has 1 saturated carbocycles. The van der Waals surface area contributed by atoms with Gasteiger partial charge >= 0.3 is 0 Å². The first-order valence-corrected chi connectivity index (χ1v) is 9.29. The lowest BCUT2D eigenvalue weighted by Gasteiger charge is -2.12. The van der Waals surface area contributed by atoms with Crippen LogP contribution in [0.4, 0.5) is 0 Å². The summed E-state index contributed by atoms with van der Waals surface area (Å²) in [5.41, 5.74) is 1.44. The molecule has 2 heterocycles. The summed E-state index contributed by atoms with van der Waals surface area (Å²) in [6.45, 7) is 1.93. The van der Waals surface area contributed by atoms with Gasteiger partial charge in [-0.05, 0) is 36.3 Å². The number of tetrazole rings is 1. The Labute approximate surface area is 160 Å². The second kappa shape index (κ2) is 7.48. The van der Waals surface area contributed by atoms with Gasteiger partial charge < -0.3 is 9.84 Å². The fourth-order valence-electron chi connectivity index (χ4n) is 3.49. The molecule has 0 unspecified atom stereocenters. The van der Waals surface area contributed by atoms with E-state index in [1.54, 1.807) is 19.1 Å². The number of benzene rings is 1. The molecule has 4 rings (SSSR count). The SMILES string of the molecule is Cc1onc(-c2ccccc2Cl)c1C(=O)NCc1nnnn1C1CCCC1. The van der Waals surface area contributed by atoms with Crippen molar-refractivity contribution in [3.05, 3.63) is 46.4 Å². The molecule has 3 aromatic rings. The van der Waals surface area contributed by atoms with Crippen LogP contribution in [0.2, 0.25) is 5.02 Å². The second-order valence-corrected chi connectivity index (χ2v) is 7.01. The Bertz CT molecular complexity index is 960. The van der Waals surface area contributed by atoms with Gasteiger partial charge in [-0.2, -0.15) is 0 Å². The van der Waals surface area contributed by atoms with Gasteiger partial charge in [-0.1, -0.05) is 47.8 Å². The number of carbonyl (C=O) groups excluding carboxylic acids is 1. The van der Waals surface area contributed by atoms with Crippen LogP contribution in [-0.4, -0.2) is 31.3 Å². The van der Waals surface area contributed by atoms with Crippen molar-refractivity contribution >= 4 is 17.5 Å². The average molecular weight is 387 g/mol. The predicted octanol–water partition coefficient (Wildman–Crippen LogP) is 3.34. The molecule has 1 aliphatic rings. The maximum atomic E-state index is 12.8. The highest BCUT2D eigenvalue weighted by Gasteiger charge is 2.25. The Morgan fingerprint density at radius 2 is 2.11 bits per heavy atom. The molecule has 0 aliphatic heterocycles. The van der Waals surface area contributed by atoms with Gasteiger partial charge in [-0.3, -0.25) is 4.79 Å². The molecule has 1 amide bonds. The van der Waals surface area contributed by atoms with E-state index in [0.29, 0.717) is 39.5 Å².